The lowest BCUT2D eigenvalue weighted by Crippen LogP contribution is -1.93. The molecule has 1 aromatic heterocycles. The fourth-order valence-electron chi connectivity index (χ4n) is 2.25. The van der Waals surface area contributed by atoms with Gasteiger partial charge in [0, 0.05) is 17.4 Å². The van der Waals surface area contributed by atoms with E-state index in [1.165, 1.54) is 17.8 Å². The van der Waals surface area contributed by atoms with Gasteiger partial charge in [0.1, 0.15) is 5.75 Å². The van der Waals surface area contributed by atoms with E-state index in [0.29, 0.717) is 34.8 Å². The van der Waals surface area contributed by atoms with Crippen LogP contribution in [0.25, 0.3) is 11.5 Å². The number of thioether (sulfide) groups is 1. The first kappa shape index (κ1) is 17.0. The van der Waals surface area contributed by atoms with Crippen molar-refractivity contribution >= 4 is 17.4 Å². The highest BCUT2D eigenvalue weighted by atomic mass is 32.2. The summed E-state index contributed by atoms with van der Waals surface area (Å²) >= 11 is 1.25. The fourth-order valence-corrected chi connectivity index (χ4v) is 3.01. The summed E-state index contributed by atoms with van der Waals surface area (Å²) in [5.74, 6) is 1.39. The Morgan fingerprint density at radius 1 is 1.16 bits per heavy atom. The third-order valence-electron chi connectivity index (χ3n) is 3.36. The van der Waals surface area contributed by atoms with Crippen molar-refractivity contribution in [3.8, 4) is 17.2 Å². The van der Waals surface area contributed by atoms with E-state index in [1.54, 1.807) is 18.2 Å². The van der Waals surface area contributed by atoms with Gasteiger partial charge in [-0.1, -0.05) is 42.1 Å². The topological polar surface area (TPSA) is 91.3 Å². The lowest BCUT2D eigenvalue weighted by molar-refractivity contribution is -0.385. The van der Waals surface area contributed by atoms with E-state index in [0.717, 1.165) is 5.56 Å². The van der Waals surface area contributed by atoms with Crippen LogP contribution in [-0.4, -0.2) is 21.7 Å². The van der Waals surface area contributed by atoms with E-state index >= 15 is 0 Å². The molecule has 0 saturated heterocycles. The predicted octanol–water partition coefficient (Wildman–Crippen LogP) is 4.34. The third-order valence-corrected chi connectivity index (χ3v) is 4.23. The summed E-state index contributed by atoms with van der Waals surface area (Å²) < 4.78 is 11.2. The van der Waals surface area contributed by atoms with E-state index in [4.69, 9.17) is 9.15 Å². The van der Waals surface area contributed by atoms with Gasteiger partial charge in [0.15, 0.2) is 0 Å². The summed E-state index contributed by atoms with van der Waals surface area (Å²) in [4.78, 5) is 10.7. The van der Waals surface area contributed by atoms with Crippen LogP contribution in [0, 0.1) is 10.1 Å². The summed E-state index contributed by atoms with van der Waals surface area (Å²) in [5.41, 5.74) is 1.40. The average molecular weight is 357 g/mol. The molecule has 0 aliphatic heterocycles. The van der Waals surface area contributed by atoms with Gasteiger partial charge in [0.05, 0.1) is 17.1 Å². The lowest BCUT2D eigenvalue weighted by atomic mass is 10.2. The number of nitro groups is 1. The standard InChI is InChI=1S/C17H15N3O4S/c1-2-23-15-10-6-4-8-13(15)16-18-19-17(24-16)25-11-12-7-3-5-9-14(12)20(21)22/h3-10H,2,11H2,1H3. The molecule has 25 heavy (non-hydrogen) atoms. The van der Waals surface area contributed by atoms with Crippen LogP contribution in [0.1, 0.15) is 12.5 Å². The van der Waals surface area contributed by atoms with Crippen molar-refractivity contribution in [3.05, 3.63) is 64.2 Å². The maximum Gasteiger partial charge on any atom is 0.277 e. The number of aromatic nitrogens is 2. The molecule has 0 fully saturated rings. The Bertz CT molecular complexity index is 882. The molecule has 1 heterocycles. The minimum absolute atomic E-state index is 0.0800. The molecule has 0 aliphatic rings. The second kappa shape index (κ2) is 7.80. The minimum Gasteiger partial charge on any atom is -0.493 e. The SMILES string of the molecule is CCOc1ccccc1-c1nnc(SCc2ccccc2[N+](=O)[O-])o1. The second-order valence-corrected chi connectivity index (χ2v) is 5.90. The molecule has 0 amide bonds. The van der Waals surface area contributed by atoms with Crippen molar-refractivity contribution in [2.75, 3.05) is 6.61 Å². The Morgan fingerprint density at radius 2 is 1.92 bits per heavy atom. The Balaban J connectivity index is 1.76. The van der Waals surface area contributed by atoms with Gasteiger partial charge < -0.3 is 9.15 Å². The third kappa shape index (κ3) is 3.97. The van der Waals surface area contributed by atoms with Crippen LogP contribution in [-0.2, 0) is 5.75 Å². The van der Waals surface area contributed by atoms with Gasteiger partial charge in [-0.15, -0.1) is 10.2 Å². The van der Waals surface area contributed by atoms with Crippen LogP contribution in [0.3, 0.4) is 0 Å². The first-order valence-corrected chi connectivity index (χ1v) is 8.58. The molecular weight excluding hydrogens is 342 g/mol. The van der Waals surface area contributed by atoms with Gasteiger partial charge in [-0.05, 0) is 19.1 Å². The van der Waals surface area contributed by atoms with Crippen LogP contribution in [0.5, 0.6) is 5.75 Å². The van der Waals surface area contributed by atoms with E-state index in [9.17, 15) is 10.1 Å². The molecule has 0 saturated carbocycles. The fraction of sp³-hybridized carbons (Fsp3) is 0.176. The molecule has 8 heteroatoms. The van der Waals surface area contributed by atoms with Crippen LogP contribution in [0.4, 0.5) is 5.69 Å². The zero-order valence-corrected chi connectivity index (χ0v) is 14.2. The molecule has 0 N–H and O–H groups in total. The van der Waals surface area contributed by atoms with Crippen molar-refractivity contribution in [3.63, 3.8) is 0 Å². The normalized spacial score (nSPS) is 10.6. The molecule has 0 unspecified atom stereocenters. The van der Waals surface area contributed by atoms with Crippen molar-refractivity contribution in [2.45, 2.75) is 17.9 Å². The summed E-state index contributed by atoms with van der Waals surface area (Å²) in [6, 6.07) is 14.0. The average Bonchev–Trinajstić information content (AvgIpc) is 3.10. The highest BCUT2D eigenvalue weighted by Gasteiger charge is 2.16. The molecule has 7 nitrogen and oxygen atoms in total. The van der Waals surface area contributed by atoms with E-state index in [-0.39, 0.29) is 5.69 Å². The zero-order valence-electron chi connectivity index (χ0n) is 13.4. The Morgan fingerprint density at radius 3 is 2.72 bits per heavy atom. The van der Waals surface area contributed by atoms with E-state index < -0.39 is 4.92 Å². The molecule has 0 bridgehead atoms. The number of rotatable bonds is 7. The summed E-state index contributed by atoms with van der Waals surface area (Å²) in [6.45, 7) is 2.43. The van der Waals surface area contributed by atoms with Gasteiger partial charge in [0.2, 0.25) is 0 Å². The number of nitro benzene ring substituents is 1. The second-order valence-electron chi connectivity index (χ2n) is 4.98. The quantitative estimate of drug-likeness (QED) is 0.353. The molecule has 3 aromatic rings. The number of hydrogen-bond acceptors (Lipinski definition) is 7. The minimum atomic E-state index is -0.395. The Hall–Kier alpha value is -2.87. The molecule has 0 aliphatic carbocycles. The van der Waals surface area contributed by atoms with Gasteiger partial charge in [0.25, 0.3) is 16.8 Å². The number of para-hydroxylation sites is 2. The van der Waals surface area contributed by atoms with Crippen LogP contribution >= 0.6 is 11.8 Å². The Labute approximate surface area is 148 Å². The first-order valence-electron chi connectivity index (χ1n) is 7.60. The lowest BCUT2D eigenvalue weighted by Gasteiger charge is -2.06. The van der Waals surface area contributed by atoms with Crippen molar-refractivity contribution in [2.24, 2.45) is 0 Å². The highest BCUT2D eigenvalue weighted by molar-refractivity contribution is 7.98. The zero-order chi connectivity index (χ0) is 17.6. The monoisotopic (exact) mass is 357 g/mol. The van der Waals surface area contributed by atoms with Gasteiger partial charge in [-0.25, -0.2) is 0 Å². The summed E-state index contributed by atoms with van der Waals surface area (Å²) in [7, 11) is 0. The predicted molar refractivity (Wildman–Crippen MR) is 93.6 cm³/mol. The largest absolute Gasteiger partial charge is 0.493 e. The molecule has 2 aromatic carbocycles. The van der Waals surface area contributed by atoms with Crippen LogP contribution in [0.15, 0.2) is 58.2 Å². The molecule has 0 spiro atoms. The maximum absolute atomic E-state index is 11.1. The van der Waals surface area contributed by atoms with Crippen molar-refractivity contribution in [1.82, 2.24) is 10.2 Å². The van der Waals surface area contributed by atoms with Gasteiger partial charge in [-0.3, -0.25) is 10.1 Å². The van der Waals surface area contributed by atoms with Gasteiger partial charge >= 0.3 is 0 Å². The maximum atomic E-state index is 11.1. The highest BCUT2D eigenvalue weighted by Crippen LogP contribution is 2.32. The number of ether oxygens (including phenoxy) is 1. The van der Waals surface area contributed by atoms with Crippen molar-refractivity contribution in [1.29, 1.82) is 0 Å². The molecule has 0 atom stereocenters. The summed E-state index contributed by atoms with van der Waals surface area (Å²) in [5, 5.41) is 19.5. The molecule has 128 valence electrons. The van der Waals surface area contributed by atoms with Crippen molar-refractivity contribution < 1.29 is 14.1 Å². The van der Waals surface area contributed by atoms with Gasteiger partial charge in [-0.2, -0.15) is 0 Å². The number of benzene rings is 2. The molecule has 3 rings (SSSR count). The van der Waals surface area contributed by atoms with Crippen LogP contribution in [0.2, 0.25) is 0 Å². The molecule has 0 radical (unpaired) electrons. The summed E-state index contributed by atoms with van der Waals surface area (Å²) in [6.07, 6.45) is 0. The molecular formula is C17H15N3O4S. The van der Waals surface area contributed by atoms with E-state index in [2.05, 4.69) is 10.2 Å². The first-order chi connectivity index (χ1) is 12.2. The Kier molecular flexibility index (Phi) is 5.30. The number of nitrogens with zero attached hydrogens (tertiary/aromatic N) is 3. The van der Waals surface area contributed by atoms with Crippen LogP contribution < -0.4 is 4.74 Å². The number of hydrogen-bond donors (Lipinski definition) is 0. The van der Waals surface area contributed by atoms with E-state index in [1.807, 2.05) is 31.2 Å². The smallest absolute Gasteiger partial charge is 0.277 e.